The number of hydrogen-bond donors (Lipinski definition) is 3. The highest BCUT2D eigenvalue weighted by Crippen LogP contribution is 2.23. The highest BCUT2D eigenvalue weighted by molar-refractivity contribution is 5.89. The standard InChI is InChI=1S/C10H10N2O2/c11-14-4-3-7-6-12-10-5-8(13)1-2-9(7)10/h1-6,12-13H,11H2. The molecule has 0 spiro atoms. The van der Waals surface area contributed by atoms with Crippen LogP contribution in [0.2, 0.25) is 0 Å². The second kappa shape index (κ2) is 3.43. The molecule has 1 heterocycles. The summed E-state index contributed by atoms with van der Waals surface area (Å²) in [4.78, 5) is 7.37. The third-order valence-corrected chi connectivity index (χ3v) is 2.02. The Morgan fingerprint density at radius 3 is 3.07 bits per heavy atom. The molecule has 0 atom stereocenters. The molecule has 0 aliphatic heterocycles. The van der Waals surface area contributed by atoms with Crippen molar-refractivity contribution in [3.05, 3.63) is 36.2 Å². The van der Waals surface area contributed by atoms with E-state index in [9.17, 15) is 5.11 Å². The minimum absolute atomic E-state index is 0.241. The molecule has 4 heteroatoms. The molecule has 0 aliphatic carbocycles. The minimum atomic E-state index is 0.241. The summed E-state index contributed by atoms with van der Waals surface area (Å²) in [5.74, 6) is 5.12. The Balaban J connectivity index is 2.53. The van der Waals surface area contributed by atoms with Crippen LogP contribution in [-0.2, 0) is 4.84 Å². The van der Waals surface area contributed by atoms with Gasteiger partial charge < -0.3 is 14.9 Å². The summed E-state index contributed by atoms with van der Waals surface area (Å²) >= 11 is 0. The van der Waals surface area contributed by atoms with Crippen LogP contribution in [0.5, 0.6) is 5.75 Å². The number of fused-ring (bicyclic) bond motifs is 1. The number of benzene rings is 1. The fraction of sp³-hybridized carbons (Fsp3) is 0. The van der Waals surface area contributed by atoms with Gasteiger partial charge in [0.2, 0.25) is 0 Å². The van der Waals surface area contributed by atoms with Gasteiger partial charge in [-0.05, 0) is 18.2 Å². The zero-order valence-corrected chi connectivity index (χ0v) is 7.40. The molecule has 0 unspecified atom stereocenters. The van der Waals surface area contributed by atoms with E-state index >= 15 is 0 Å². The van der Waals surface area contributed by atoms with Crippen molar-refractivity contribution in [3.8, 4) is 5.75 Å². The largest absolute Gasteiger partial charge is 0.508 e. The average molecular weight is 190 g/mol. The van der Waals surface area contributed by atoms with Gasteiger partial charge in [-0.3, -0.25) is 0 Å². The van der Waals surface area contributed by atoms with Crippen molar-refractivity contribution in [1.82, 2.24) is 4.98 Å². The number of aromatic nitrogens is 1. The van der Waals surface area contributed by atoms with Gasteiger partial charge >= 0.3 is 0 Å². The molecule has 1 aromatic carbocycles. The summed E-state index contributed by atoms with van der Waals surface area (Å²) < 4.78 is 0. The van der Waals surface area contributed by atoms with Gasteiger partial charge in [-0.25, -0.2) is 0 Å². The molecule has 2 rings (SSSR count). The summed E-state index contributed by atoms with van der Waals surface area (Å²) in [6, 6.07) is 5.13. The molecule has 0 saturated heterocycles. The molecular weight excluding hydrogens is 180 g/mol. The molecule has 0 saturated carbocycles. The molecule has 0 radical (unpaired) electrons. The smallest absolute Gasteiger partial charge is 0.117 e. The van der Waals surface area contributed by atoms with Gasteiger partial charge in [0.15, 0.2) is 0 Å². The van der Waals surface area contributed by atoms with Gasteiger partial charge in [0, 0.05) is 28.7 Å². The SMILES string of the molecule is NOC=Cc1c[nH]c2cc(O)ccc12. The molecule has 4 nitrogen and oxygen atoms in total. The number of hydrogen-bond acceptors (Lipinski definition) is 3. The predicted octanol–water partition coefficient (Wildman–Crippen LogP) is 1.73. The van der Waals surface area contributed by atoms with Crippen molar-refractivity contribution >= 4 is 17.0 Å². The highest BCUT2D eigenvalue weighted by atomic mass is 16.6. The first-order chi connectivity index (χ1) is 6.81. The number of nitrogens with one attached hydrogen (secondary N) is 1. The third-order valence-electron chi connectivity index (χ3n) is 2.02. The van der Waals surface area contributed by atoms with E-state index in [4.69, 9.17) is 5.90 Å². The van der Waals surface area contributed by atoms with Crippen LogP contribution >= 0.6 is 0 Å². The number of H-pyrrole nitrogens is 1. The number of aromatic amines is 1. The summed E-state index contributed by atoms with van der Waals surface area (Å²) in [6.07, 6.45) is 4.96. The van der Waals surface area contributed by atoms with Crippen LogP contribution < -0.4 is 5.90 Å². The maximum absolute atomic E-state index is 9.23. The Morgan fingerprint density at radius 1 is 1.43 bits per heavy atom. The Bertz CT molecular complexity index is 474. The van der Waals surface area contributed by atoms with Crippen LogP contribution in [0.25, 0.3) is 17.0 Å². The first-order valence-corrected chi connectivity index (χ1v) is 4.13. The molecular formula is C10H10N2O2. The Hall–Kier alpha value is -1.94. The third kappa shape index (κ3) is 1.43. The molecule has 4 N–H and O–H groups in total. The quantitative estimate of drug-likeness (QED) is 0.499. The van der Waals surface area contributed by atoms with Crippen molar-refractivity contribution in [2.75, 3.05) is 0 Å². The Kier molecular flexibility index (Phi) is 2.12. The molecule has 0 fully saturated rings. The van der Waals surface area contributed by atoms with E-state index < -0.39 is 0 Å². The number of rotatable bonds is 2. The maximum Gasteiger partial charge on any atom is 0.117 e. The van der Waals surface area contributed by atoms with Crippen LogP contribution in [0.1, 0.15) is 5.56 Å². The first kappa shape index (κ1) is 8.65. The monoisotopic (exact) mass is 190 g/mol. The normalized spacial score (nSPS) is 11.2. The summed E-state index contributed by atoms with van der Waals surface area (Å²) in [7, 11) is 0. The van der Waals surface area contributed by atoms with E-state index in [1.165, 1.54) is 6.26 Å². The zero-order valence-electron chi connectivity index (χ0n) is 7.40. The molecule has 2 aromatic rings. The summed E-state index contributed by atoms with van der Waals surface area (Å²) in [6.45, 7) is 0. The Labute approximate surface area is 80.6 Å². The first-order valence-electron chi connectivity index (χ1n) is 4.13. The van der Waals surface area contributed by atoms with E-state index in [2.05, 4.69) is 9.82 Å². The number of aromatic hydroxyl groups is 1. The van der Waals surface area contributed by atoms with Crippen molar-refractivity contribution < 1.29 is 9.94 Å². The number of phenols is 1. The van der Waals surface area contributed by atoms with E-state index in [0.717, 1.165) is 16.5 Å². The average Bonchev–Trinajstić information content (AvgIpc) is 2.57. The number of phenolic OH excluding ortho intramolecular Hbond substituents is 1. The van der Waals surface area contributed by atoms with E-state index in [1.807, 2.05) is 12.3 Å². The molecule has 0 aliphatic rings. The molecule has 72 valence electrons. The minimum Gasteiger partial charge on any atom is -0.508 e. The topological polar surface area (TPSA) is 71.3 Å². The van der Waals surface area contributed by atoms with Crippen molar-refractivity contribution in [3.63, 3.8) is 0 Å². The molecule has 0 bridgehead atoms. The van der Waals surface area contributed by atoms with Gasteiger partial charge in [0.1, 0.15) is 12.0 Å². The van der Waals surface area contributed by atoms with Crippen LogP contribution in [0.15, 0.2) is 30.7 Å². The molecule has 14 heavy (non-hydrogen) atoms. The van der Waals surface area contributed by atoms with Crippen LogP contribution in [0.4, 0.5) is 0 Å². The van der Waals surface area contributed by atoms with Crippen LogP contribution in [0.3, 0.4) is 0 Å². The van der Waals surface area contributed by atoms with Crippen molar-refractivity contribution in [2.24, 2.45) is 5.90 Å². The highest BCUT2D eigenvalue weighted by Gasteiger charge is 2.00. The lowest BCUT2D eigenvalue weighted by atomic mass is 10.2. The van der Waals surface area contributed by atoms with E-state index in [0.29, 0.717) is 0 Å². The second-order valence-electron chi connectivity index (χ2n) is 2.91. The fourth-order valence-corrected chi connectivity index (χ4v) is 1.39. The van der Waals surface area contributed by atoms with Crippen LogP contribution in [-0.4, -0.2) is 10.1 Å². The van der Waals surface area contributed by atoms with E-state index in [-0.39, 0.29) is 5.75 Å². The molecule has 0 amide bonds. The van der Waals surface area contributed by atoms with Crippen molar-refractivity contribution in [1.29, 1.82) is 0 Å². The van der Waals surface area contributed by atoms with Crippen molar-refractivity contribution in [2.45, 2.75) is 0 Å². The lowest BCUT2D eigenvalue weighted by molar-refractivity contribution is 0.264. The van der Waals surface area contributed by atoms with Gasteiger partial charge in [-0.2, -0.15) is 5.90 Å². The fourth-order valence-electron chi connectivity index (χ4n) is 1.39. The lowest BCUT2D eigenvalue weighted by Gasteiger charge is -1.93. The summed E-state index contributed by atoms with van der Waals surface area (Å²) in [5, 5.41) is 10.2. The summed E-state index contributed by atoms with van der Waals surface area (Å²) in [5.41, 5.74) is 1.84. The van der Waals surface area contributed by atoms with E-state index in [1.54, 1.807) is 18.2 Å². The predicted molar refractivity (Wildman–Crippen MR) is 54.3 cm³/mol. The van der Waals surface area contributed by atoms with Gasteiger partial charge in [0.05, 0.1) is 0 Å². The van der Waals surface area contributed by atoms with Gasteiger partial charge in [0.25, 0.3) is 0 Å². The van der Waals surface area contributed by atoms with Gasteiger partial charge in [-0.15, -0.1) is 0 Å². The number of nitrogens with two attached hydrogens (primary N) is 1. The zero-order chi connectivity index (χ0) is 9.97. The van der Waals surface area contributed by atoms with Crippen LogP contribution in [0, 0.1) is 0 Å². The van der Waals surface area contributed by atoms with Gasteiger partial charge in [-0.1, -0.05) is 0 Å². The molecule has 1 aromatic heterocycles. The Morgan fingerprint density at radius 2 is 2.29 bits per heavy atom. The lowest BCUT2D eigenvalue weighted by Crippen LogP contribution is -1.86. The second-order valence-corrected chi connectivity index (χ2v) is 2.91. The maximum atomic E-state index is 9.23.